The summed E-state index contributed by atoms with van der Waals surface area (Å²) in [4.78, 5) is 10.8. The Balaban J connectivity index is 0.00000264. The van der Waals surface area contributed by atoms with Gasteiger partial charge in [-0.2, -0.15) is 0 Å². The van der Waals surface area contributed by atoms with Crippen molar-refractivity contribution in [2.45, 2.75) is 13.1 Å². The number of hydrogen-bond donors (Lipinski definition) is 2. The molecule has 0 aliphatic carbocycles. The van der Waals surface area contributed by atoms with E-state index in [2.05, 4.69) is 21.2 Å². The van der Waals surface area contributed by atoms with Crippen LogP contribution in [-0.2, 0) is 17.9 Å². The van der Waals surface area contributed by atoms with Crippen molar-refractivity contribution in [1.82, 2.24) is 5.32 Å². The molecule has 0 atom stereocenters. The van der Waals surface area contributed by atoms with Crippen molar-refractivity contribution in [1.29, 1.82) is 0 Å². The van der Waals surface area contributed by atoms with Crippen molar-refractivity contribution in [3.8, 4) is 5.75 Å². The predicted octanol–water partition coefficient (Wildman–Crippen LogP) is 3.16. The minimum absolute atomic E-state index is 0. The number of hydrogen-bond acceptors (Lipinski definition) is 3. The van der Waals surface area contributed by atoms with Gasteiger partial charge in [0, 0.05) is 23.1 Å². The van der Waals surface area contributed by atoms with Crippen LogP contribution in [-0.4, -0.2) is 12.5 Å². The lowest BCUT2D eigenvalue weighted by Crippen LogP contribution is -2.21. The number of rotatable bonds is 7. The Bertz CT molecular complexity index is 653. The molecule has 0 saturated carbocycles. The zero-order chi connectivity index (χ0) is 15.9. The van der Waals surface area contributed by atoms with Crippen molar-refractivity contribution in [2.24, 2.45) is 5.73 Å². The lowest BCUT2D eigenvalue weighted by Gasteiger charge is -2.12. The van der Waals surface area contributed by atoms with Gasteiger partial charge in [-0.3, -0.25) is 4.79 Å². The maximum Gasteiger partial charge on any atom is 0.255 e. The van der Waals surface area contributed by atoms with Gasteiger partial charge < -0.3 is 15.8 Å². The summed E-state index contributed by atoms with van der Waals surface area (Å²) >= 11 is 3.40. The number of primary amides is 1. The van der Waals surface area contributed by atoms with E-state index in [4.69, 9.17) is 10.5 Å². The van der Waals surface area contributed by atoms with Gasteiger partial charge in [0.25, 0.3) is 5.91 Å². The predicted molar refractivity (Wildman–Crippen MR) is 93.0 cm³/mol. The van der Waals surface area contributed by atoms with E-state index in [-0.39, 0.29) is 24.8 Å². The van der Waals surface area contributed by atoms with E-state index in [0.29, 0.717) is 18.8 Å². The summed E-state index contributed by atoms with van der Waals surface area (Å²) in [5, 5.41) is 3.25. The molecule has 0 saturated heterocycles. The molecule has 2 aromatic rings. The van der Waals surface area contributed by atoms with Crippen LogP contribution in [0.5, 0.6) is 5.75 Å². The van der Waals surface area contributed by atoms with Crippen LogP contribution in [0.1, 0.15) is 11.1 Å². The van der Waals surface area contributed by atoms with Gasteiger partial charge in [0.15, 0.2) is 6.61 Å². The largest absolute Gasteiger partial charge is 0.483 e. The minimum Gasteiger partial charge on any atom is -0.483 e. The van der Waals surface area contributed by atoms with Gasteiger partial charge in [-0.15, -0.1) is 12.4 Å². The summed E-state index contributed by atoms with van der Waals surface area (Å²) < 4.78 is 19.1. The van der Waals surface area contributed by atoms with Gasteiger partial charge in [0.2, 0.25) is 0 Å². The van der Waals surface area contributed by atoms with Crippen LogP contribution in [0.15, 0.2) is 46.9 Å². The number of halogens is 3. The summed E-state index contributed by atoms with van der Waals surface area (Å²) in [5.74, 6) is -0.167. The van der Waals surface area contributed by atoms with Crippen molar-refractivity contribution in [2.75, 3.05) is 6.61 Å². The highest BCUT2D eigenvalue weighted by Crippen LogP contribution is 2.23. The Labute approximate surface area is 148 Å². The Morgan fingerprint density at radius 1 is 1.17 bits per heavy atom. The maximum absolute atomic E-state index is 12.8. The third-order valence-corrected chi connectivity index (χ3v) is 3.44. The van der Waals surface area contributed by atoms with Crippen molar-refractivity contribution in [3.63, 3.8) is 0 Å². The van der Waals surface area contributed by atoms with E-state index in [1.54, 1.807) is 18.2 Å². The molecule has 0 aliphatic heterocycles. The lowest BCUT2D eigenvalue weighted by molar-refractivity contribution is -0.119. The van der Waals surface area contributed by atoms with Crippen molar-refractivity contribution >= 4 is 34.2 Å². The van der Waals surface area contributed by atoms with Gasteiger partial charge in [-0.1, -0.05) is 28.1 Å². The summed E-state index contributed by atoms with van der Waals surface area (Å²) in [7, 11) is 0. The minimum atomic E-state index is -0.520. The van der Waals surface area contributed by atoms with Gasteiger partial charge in [0.1, 0.15) is 11.6 Å². The Morgan fingerprint density at radius 3 is 2.52 bits per heavy atom. The molecule has 2 rings (SSSR count). The van der Waals surface area contributed by atoms with E-state index in [1.807, 2.05) is 12.1 Å². The normalized spacial score (nSPS) is 10.0. The van der Waals surface area contributed by atoms with Crippen LogP contribution in [0.25, 0.3) is 0 Å². The first kappa shape index (κ1) is 19.4. The molecule has 4 nitrogen and oxygen atoms in total. The highest BCUT2D eigenvalue weighted by Gasteiger charge is 2.06. The van der Waals surface area contributed by atoms with Crippen LogP contribution in [0.3, 0.4) is 0 Å². The standard InChI is InChI=1S/C16H16BrFN2O2.ClH/c17-13-3-6-15(22-10-16(19)21)12(7-13)9-20-8-11-1-4-14(18)5-2-11;/h1-7,20H,8-10H2,(H2,19,21);1H. The first-order valence-electron chi connectivity index (χ1n) is 6.69. The molecular formula is C16H17BrClFN2O2. The van der Waals surface area contributed by atoms with E-state index in [1.165, 1.54) is 12.1 Å². The molecule has 124 valence electrons. The molecule has 3 N–H and O–H groups in total. The average Bonchev–Trinajstić information content (AvgIpc) is 2.48. The summed E-state index contributed by atoms with van der Waals surface area (Å²) in [6, 6.07) is 11.8. The third-order valence-electron chi connectivity index (χ3n) is 2.95. The Hall–Kier alpha value is -1.63. The number of nitrogens with one attached hydrogen (secondary N) is 1. The fraction of sp³-hybridized carbons (Fsp3) is 0.188. The molecule has 0 spiro atoms. The van der Waals surface area contributed by atoms with E-state index >= 15 is 0 Å². The van der Waals surface area contributed by atoms with Gasteiger partial charge in [0.05, 0.1) is 0 Å². The second-order valence-electron chi connectivity index (χ2n) is 4.74. The summed E-state index contributed by atoms with van der Waals surface area (Å²) in [6.07, 6.45) is 0. The molecule has 0 fully saturated rings. The topological polar surface area (TPSA) is 64.4 Å². The number of benzene rings is 2. The number of ether oxygens (including phenoxy) is 1. The zero-order valence-corrected chi connectivity index (χ0v) is 14.6. The number of carbonyl (C=O) groups is 1. The number of nitrogens with two attached hydrogens (primary N) is 1. The highest BCUT2D eigenvalue weighted by atomic mass is 79.9. The molecule has 0 unspecified atom stereocenters. The summed E-state index contributed by atoms with van der Waals surface area (Å²) in [5.41, 5.74) is 6.97. The lowest BCUT2D eigenvalue weighted by atomic mass is 10.2. The van der Waals surface area contributed by atoms with Crippen LogP contribution < -0.4 is 15.8 Å². The number of amides is 1. The number of carbonyl (C=O) groups excluding carboxylic acids is 1. The monoisotopic (exact) mass is 402 g/mol. The first-order chi connectivity index (χ1) is 10.5. The third kappa shape index (κ3) is 6.56. The SMILES string of the molecule is Cl.NC(=O)COc1ccc(Br)cc1CNCc1ccc(F)cc1. The van der Waals surface area contributed by atoms with Crippen LogP contribution in [0, 0.1) is 5.82 Å². The first-order valence-corrected chi connectivity index (χ1v) is 7.48. The van der Waals surface area contributed by atoms with Gasteiger partial charge in [-0.05, 0) is 35.9 Å². The Kier molecular flexibility index (Phi) is 8.02. The fourth-order valence-corrected chi connectivity index (χ4v) is 2.33. The molecule has 0 radical (unpaired) electrons. The van der Waals surface area contributed by atoms with E-state index in [0.717, 1.165) is 15.6 Å². The molecule has 1 amide bonds. The zero-order valence-electron chi connectivity index (χ0n) is 12.2. The molecule has 7 heteroatoms. The molecule has 0 bridgehead atoms. The fourth-order valence-electron chi connectivity index (χ4n) is 1.92. The molecule has 0 aliphatic rings. The molecule has 0 aromatic heterocycles. The quantitative estimate of drug-likeness (QED) is 0.746. The van der Waals surface area contributed by atoms with Gasteiger partial charge >= 0.3 is 0 Å². The van der Waals surface area contributed by atoms with Crippen LogP contribution >= 0.6 is 28.3 Å². The highest BCUT2D eigenvalue weighted by molar-refractivity contribution is 9.10. The average molecular weight is 404 g/mol. The second-order valence-corrected chi connectivity index (χ2v) is 5.65. The molecular weight excluding hydrogens is 387 g/mol. The van der Waals surface area contributed by atoms with E-state index < -0.39 is 5.91 Å². The molecule has 23 heavy (non-hydrogen) atoms. The van der Waals surface area contributed by atoms with E-state index in [9.17, 15) is 9.18 Å². The second kappa shape index (κ2) is 9.50. The molecule has 2 aromatic carbocycles. The smallest absolute Gasteiger partial charge is 0.255 e. The van der Waals surface area contributed by atoms with Crippen molar-refractivity contribution in [3.05, 3.63) is 63.9 Å². The molecule has 0 heterocycles. The maximum atomic E-state index is 12.8. The van der Waals surface area contributed by atoms with Gasteiger partial charge in [-0.25, -0.2) is 4.39 Å². The van der Waals surface area contributed by atoms with Crippen LogP contribution in [0.2, 0.25) is 0 Å². The summed E-state index contributed by atoms with van der Waals surface area (Å²) in [6.45, 7) is 0.986. The van der Waals surface area contributed by atoms with Crippen molar-refractivity contribution < 1.29 is 13.9 Å². The Morgan fingerprint density at radius 2 is 1.87 bits per heavy atom. The van der Waals surface area contributed by atoms with Crippen LogP contribution in [0.4, 0.5) is 4.39 Å².